The zero-order valence-corrected chi connectivity index (χ0v) is 9.94. The number of nitrogens with one attached hydrogen (secondary N) is 1. The van der Waals surface area contributed by atoms with Crippen molar-refractivity contribution in [2.75, 3.05) is 13.1 Å². The van der Waals surface area contributed by atoms with Gasteiger partial charge < -0.3 is 11.1 Å². The van der Waals surface area contributed by atoms with Gasteiger partial charge in [-0.15, -0.1) is 0 Å². The average molecular weight is 246 g/mol. The Morgan fingerprint density at radius 3 is 2.44 bits per heavy atom. The summed E-state index contributed by atoms with van der Waals surface area (Å²) in [5.41, 5.74) is 6.46. The molecular formula is C11H16F2N2S. The molecule has 0 aliphatic carbocycles. The van der Waals surface area contributed by atoms with Gasteiger partial charge in [-0.1, -0.05) is 23.9 Å². The Hall–Kier alpha value is -0.650. The number of thioether (sulfide) groups is 1. The molecule has 0 saturated carbocycles. The molecule has 0 fully saturated rings. The first-order chi connectivity index (χ1) is 7.63. The highest BCUT2D eigenvalue weighted by molar-refractivity contribution is 7.99. The van der Waals surface area contributed by atoms with Crippen LogP contribution in [0.15, 0.2) is 29.2 Å². The van der Waals surface area contributed by atoms with E-state index in [1.54, 1.807) is 12.1 Å². The largest absolute Gasteiger partial charge is 0.329 e. The van der Waals surface area contributed by atoms with Gasteiger partial charge in [0, 0.05) is 24.0 Å². The molecule has 1 atom stereocenters. The maximum atomic E-state index is 12.1. The van der Waals surface area contributed by atoms with Gasteiger partial charge in [-0.05, 0) is 24.6 Å². The van der Waals surface area contributed by atoms with Crippen molar-refractivity contribution in [1.29, 1.82) is 0 Å². The molecule has 0 aliphatic heterocycles. The number of alkyl halides is 2. The van der Waals surface area contributed by atoms with Crippen LogP contribution in [0.25, 0.3) is 0 Å². The molecule has 0 bridgehead atoms. The summed E-state index contributed by atoms with van der Waals surface area (Å²) in [6.07, 6.45) is 0. The summed E-state index contributed by atoms with van der Waals surface area (Å²) in [5.74, 6) is -2.36. The molecule has 0 saturated heterocycles. The molecule has 1 aromatic rings. The Morgan fingerprint density at radius 2 is 1.94 bits per heavy atom. The minimum absolute atomic E-state index is 0.189. The van der Waals surface area contributed by atoms with E-state index in [0.29, 0.717) is 23.2 Å². The van der Waals surface area contributed by atoms with Gasteiger partial charge >= 0.3 is 0 Å². The molecule has 1 aromatic carbocycles. The third-order valence-corrected chi connectivity index (χ3v) is 2.92. The molecule has 1 rings (SSSR count). The molecule has 90 valence electrons. The molecule has 0 heterocycles. The van der Waals surface area contributed by atoms with E-state index in [1.165, 1.54) is 0 Å². The molecule has 0 aromatic heterocycles. The monoisotopic (exact) mass is 246 g/mol. The van der Waals surface area contributed by atoms with Crippen LogP contribution in [0, 0.1) is 0 Å². The van der Waals surface area contributed by atoms with Crippen molar-refractivity contribution in [3.63, 3.8) is 0 Å². The van der Waals surface area contributed by atoms with E-state index in [2.05, 4.69) is 5.32 Å². The molecule has 3 N–H and O–H groups in total. The fraction of sp³-hybridized carbons (Fsp3) is 0.455. The summed E-state index contributed by atoms with van der Waals surface area (Å²) in [6, 6.07) is 7.34. The fourth-order valence-corrected chi connectivity index (χ4v) is 1.85. The van der Waals surface area contributed by atoms with Crippen LogP contribution in [0.5, 0.6) is 0 Å². The summed E-state index contributed by atoms with van der Waals surface area (Å²) < 4.78 is 24.2. The van der Waals surface area contributed by atoms with Gasteiger partial charge in [0.05, 0.1) is 0 Å². The van der Waals surface area contributed by atoms with E-state index in [4.69, 9.17) is 5.73 Å². The minimum atomic E-state index is -2.36. The number of nitrogens with two attached hydrogens (primary N) is 1. The van der Waals surface area contributed by atoms with Crippen molar-refractivity contribution < 1.29 is 8.78 Å². The second-order valence-electron chi connectivity index (χ2n) is 3.41. The molecule has 16 heavy (non-hydrogen) atoms. The molecule has 0 amide bonds. The maximum Gasteiger partial charge on any atom is 0.288 e. The highest BCUT2D eigenvalue weighted by Crippen LogP contribution is 2.26. The Labute approximate surface area is 98.6 Å². The van der Waals surface area contributed by atoms with Crippen LogP contribution in [0.4, 0.5) is 8.78 Å². The number of hydrogen-bond donors (Lipinski definition) is 2. The summed E-state index contributed by atoms with van der Waals surface area (Å²) in [4.78, 5) is 0.588. The van der Waals surface area contributed by atoms with Gasteiger partial charge in [0.2, 0.25) is 0 Å². The lowest BCUT2D eigenvalue weighted by Gasteiger charge is -2.13. The van der Waals surface area contributed by atoms with Crippen molar-refractivity contribution in [3.8, 4) is 0 Å². The molecule has 0 spiro atoms. The van der Waals surface area contributed by atoms with E-state index in [9.17, 15) is 8.78 Å². The van der Waals surface area contributed by atoms with Gasteiger partial charge in [-0.2, -0.15) is 8.78 Å². The topological polar surface area (TPSA) is 38.0 Å². The lowest BCUT2D eigenvalue weighted by molar-refractivity contribution is 0.252. The molecular weight excluding hydrogens is 230 g/mol. The van der Waals surface area contributed by atoms with Gasteiger partial charge in [-0.25, -0.2) is 0 Å². The number of halogens is 2. The molecule has 0 aliphatic rings. The predicted molar refractivity (Wildman–Crippen MR) is 63.8 cm³/mol. The summed E-state index contributed by atoms with van der Waals surface area (Å²) in [7, 11) is 0. The first-order valence-electron chi connectivity index (χ1n) is 5.11. The first-order valence-corrected chi connectivity index (χ1v) is 5.99. The highest BCUT2D eigenvalue weighted by atomic mass is 32.2. The standard InChI is InChI=1S/C11H16F2N2S/c1-8(15-7-6-14)9-2-4-10(5-3-9)16-11(12)13/h2-5,8,11,15H,6-7,14H2,1H3. The Kier molecular flexibility index (Phi) is 5.73. The zero-order chi connectivity index (χ0) is 12.0. The Bertz CT molecular complexity index is 303. The van der Waals surface area contributed by atoms with Gasteiger partial charge in [-0.3, -0.25) is 0 Å². The van der Waals surface area contributed by atoms with E-state index >= 15 is 0 Å². The van der Waals surface area contributed by atoms with Crippen molar-refractivity contribution in [3.05, 3.63) is 29.8 Å². The molecule has 1 unspecified atom stereocenters. The molecule has 2 nitrogen and oxygen atoms in total. The normalized spacial score (nSPS) is 13.1. The van der Waals surface area contributed by atoms with Gasteiger partial charge in [0.1, 0.15) is 0 Å². The predicted octanol–water partition coefficient (Wildman–Crippen LogP) is 2.61. The SMILES string of the molecule is CC(NCCN)c1ccc(SC(F)F)cc1. The van der Waals surface area contributed by atoms with Crippen LogP contribution in [0.2, 0.25) is 0 Å². The first kappa shape index (κ1) is 13.4. The van der Waals surface area contributed by atoms with Gasteiger partial charge in [0.25, 0.3) is 5.76 Å². The van der Waals surface area contributed by atoms with Crippen LogP contribution >= 0.6 is 11.8 Å². The number of benzene rings is 1. The maximum absolute atomic E-state index is 12.1. The highest BCUT2D eigenvalue weighted by Gasteiger charge is 2.07. The second-order valence-corrected chi connectivity index (χ2v) is 4.48. The van der Waals surface area contributed by atoms with E-state index in [1.807, 2.05) is 19.1 Å². The fourth-order valence-electron chi connectivity index (χ4n) is 1.36. The summed E-state index contributed by atoms with van der Waals surface area (Å²) in [5, 5.41) is 3.23. The minimum Gasteiger partial charge on any atom is -0.329 e. The Morgan fingerprint density at radius 1 is 1.31 bits per heavy atom. The number of hydrogen-bond acceptors (Lipinski definition) is 3. The quantitative estimate of drug-likeness (QED) is 0.758. The van der Waals surface area contributed by atoms with E-state index < -0.39 is 5.76 Å². The van der Waals surface area contributed by atoms with E-state index in [-0.39, 0.29) is 6.04 Å². The third-order valence-electron chi connectivity index (χ3n) is 2.20. The van der Waals surface area contributed by atoms with Crippen molar-refractivity contribution in [2.24, 2.45) is 5.73 Å². The van der Waals surface area contributed by atoms with Crippen molar-refractivity contribution >= 4 is 11.8 Å². The lowest BCUT2D eigenvalue weighted by atomic mass is 10.1. The second kappa shape index (κ2) is 6.83. The molecule has 0 radical (unpaired) electrons. The smallest absolute Gasteiger partial charge is 0.288 e. The van der Waals surface area contributed by atoms with E-state index in [0.717, 1.165) is 12.1 Å². The van der Waals surface area contributed by atoms with Crippen LogP contribution in [-0.4, -0.2) is 18.8 Å². The summed E-state index contributed by atoms with van der Waals surface area (Å²) >= 11 is 0.563. The van der Waals surface area contributed by atoms with Crippen LogP contribution in [0.3, 0.4) is 0 Å². The van der Waals surface area contributed by atoms with Crippen molar-refractivity contribution in [2.45, 2.75) is 23.6 Å². The zero-order valence-electron chi connectivity index (χ0n) is 9.12. The average Bonchev–Trinajstić information content (AvgIpc) is 2.26. The van der Waals surface area contributed by atoms with Crippen LogP contribution in [-0.2, 0) is 0 Å². The van der Waals surface area contributed by atoms with Gasteiger partial charge in [0.15, 0.2) is 0 Å². The Balaban J connectivity index is 2.56. The molecule has 5 heteroatoms. The number of rotatable bonds is 6. The van der Waals surface area contributed by atoms with Crippen LogP contribution < -0.4 is 11.1 Å². The third kappa shape index (κ3) is 4.47. The summed E-state index contributed by atoms with van der Waals surface area (Å²) in [6.45, 7) is 3.35. The van der Waals surface area contributed by atoms with Crippen molar-refractivity contribution in [1.82, 2.24) is 5.32 Å². The van der Waals surface area contributed by atoms with Crippen LogP contribution in [0.1, 0.15) is 18.5 Å². The lowest BCUT2D eigenvalue weighted by Crippen LogP contribution is -2.25.